The van der Waals surface area contributed by atoms with E-state index in [-0.39, 0.29) is 5.82 Å². The van der Waals surface area contributed by atoms with Crippen molar-refractivity contribution in [3.63, 3.8) is 0 Å². The monoisotopic (exact) mass is 404 g/mol. The number of hydrogen-bond acceptors (Lipinski definition) is 2. The summed E-state index contributed by atoms with van der Waals surface area (Å²) in [5, 5.41) is 1.12. The van der Waals surface area contributed by atoms with Gasteiger partial charge < -0.3 is 14.8 Å². The summed E-state index contributed by atoms with van der Waals surface area (Å²) in [5.74, 6) is 0.838. The van der Waals surface area contributed by atoms with Gasteiger partial charge in [0.1, 0.15) is 11.7 Å². The van der Waals surface area contributed by atoms with E-state index >= 15 is 0 Å². The van der Waals surface area contributed by atoms with Crippen molar-refractivity contribution in [3.8, 4) is 0 Å². The van der Waals surface area contributed by atoms with Crippen LogP contribution in [0.5, 0.6) is 0 Å². The molecule has 1 saturated heterocycles. The fraction of sp³-hybridized carbons (Fsp3) is 0.400. The number of piperidine rings is 1. The number of anilines is 1. The van der Waals surface area contributed by atoms with Gasteiger partial charge in [-0.05, 0) is 75.1 Å². The Labute approximate surface area is 177 Å². The van der Waals surface area contributed by atoms with Crippen molar-refractivity contribution in [2.45, 2.75) is 46.1 Å². The van der Waals surface area contributed by atoms with Crippen molar-refractivity contribution >= 4 is 28.1 Å². The van der Waals surface area contributed by atoms with Crippen LogP contribution >= 0.6 is 0 Å². The molecule has 0 atom stereocenters. The zero-order valence-corrected chi connectivity index (χ0v) is 17.8. The number of H-pyrrole nitrogens is 1. The Morgan fingerprint density at radius 3 is 2.67 bits per heavy atom. The average molecular weight is 405 g/mol. The van der Waals surface area contributed by atoms with E-state index in [4.69, 9.17) is 4.99 Å². The minimum atomic E-state index is -0.195. The molecule has 4 nitrogen and oxygen atoms in total. The third-order valence-electron chi connectivity index (χ3n) is 6.58. The highest BCUT2D eigenvalue weighted by molar-refractivity contribution is 5.87. The van der Waals surface area contributed by atoms with E-state index in [9.17, 15) is 4.39 Å². The summed E-state index contributed by atoms with van der Waals surface area (Å²) in [6, 6.07) is 11.7. The van der Waals surface area contributed by atoms with E-state index in [2.05, 4.69) is 46.8 Å². The number of aliphatic imine (C=N–C) groups is 1. The molecule has 0 spiro atoms. The lowest BCUT2D eigenvalue weighted by Crippen LogP contribution is -2.34. The highest BCUT2D eigenvalue weighted by Gasteiger charge is 2.22. The highest BCUT2D eigenvalue weighted by atomic mass is 19.1. The maximum atomic E-state index is 13.6. The zero-order chi connectivity index (χ0) is 20.7. The maximum absolute atomic E-state index is 13.6. The molecule has 2 aliphatic heterocycles. The number of amidine groups is 1. The largest absolute Gasteiger partial charge is 0.372 e. The molecule has 2 aromatic carbocycles. The molecular weight excluding hydrogens is 375 g/mol. The first-order chi connectivity index (χ1) is 14.6. The van der Waals surface area contributed by atoms with Gasteiger partial charge in [-0.25, -0.2) is 9.38 Å². The molecule has 3 heterocycles. The van der Waals surface area contributed by atoms with Gasteiger partial charge in [-0.2, -0.15) is 0 Å². The Kier molecular flexibility index (Phi) is 4.97. The number of aromatic nitrogens is 1. The quantitative estimate of drug-likeness (QED) is 0.438. The Bertz CT molecular complexity index is 1110. The van der Waals surface area contributed by atoms with Crippen LogP contribution in [0.15, 0.2) is 41.4 Å². The van der Waals surface area contributed by atoms with Crippen LogP contribution in [-0.4, -0.2) is 35.4 Å². The molecule has 0 amide bonds. The van der Waals surface area contributed by atoms with Crippen molar-refractivity contribution in [1.29, 1.82) is 0 Å². The van der Waals surface area contributed by atoms with Gasteiger partial charge in [-0.1, -0.05) is 0 Å². The van der Waals surface area contributed by atoms with Crippen LogP contribution in [0.4, 0.5) is 15.8 Å². The van der Waals surface area contributed by atoms with Crippen molar-refractivity contribution in [1.82, 2.24) is 9.88 Å². The number of benzene rings is 2. The first-order valence-corrected chi connectivity index (χ1v) is 11.0. The van der Waals surface area contributed by atoms with Crippen LogP contribution < -0.4 is 4.90 Å². The molecule has 5 heteroatoms. The van der Waals surface area contributed by atoms with Gasteiger partial charge in [0.25, 0.3) is 0 Å². The highest BCUT2D eigenvalue weighted by Crippen LogP contribution is 2.30. The van der Waals surface area contributed by atoms with Gasteiger partial charge in [-0.3, -0.25) is 0 Å². The number of aryl methyl sites for hydroxylation is 1. The molecule has 0 aliphatic carbocycles. The van der Waals surface area contributed by atoms with Crippen LogP contribution in [0, 0.1) is 12.7 Å². The molecule has 3 aromatic rings. The molecule has 5 rings (SSSR count). The molecule has 0 radical (unpaired) electrons. The van der Waals surface area contributed by atoms with Gasteiger partial charge in [0.15, 0.2) is 0 Å². The smallest absolute Gasteiger partial charge is 0.125 e. The second-order valence-electron chi connectivity index (χ2n) is 8.62. The Hall–Kier alpha value is -2.82. The maximum Gasteiger partial charge on any atom is 0.125 e. The number of rotatable bonds is 2. The van der Waals surface area contributed by atoms with E-state index in [1.807, 2.05) is 6.07 Å². The number of hydrogen-bond donors (Lipinski definition) is 1. The molecule has 1 aromatic heterocycles. The van der Waals surface area contributed by atoms with Gasteiger partial charge >= 0.3 is 0 Å². The second kappa shape index (κ2) is 7.78. The van der Waals surface area contributed by atoms with E-state index in [0.717, 1.165) is 55.0 Å². The molecule has 1 fully saturated rings. The Morgan fingerprint density at radius 2 is 1.87 bits per heavy atom. The van der Waals surface area contributed by atoms with Crippen molar-refractivity contribution in [2.75, 3.05) is 24.5 Å². The lowest BCUT2D eigenvalue weighted by atomic mass is 10.0. The number of fused-ring (bicyclic) bond motifs is 3. The van der Waals surface area contributed by atoms with Crippen LogP contribution in [0.25, 0.3) is 10.9 Å². The van der Waals surface area contributed by atoms with E-state index in [0.29, 0.717) is 0 Å². The van der Waals surface area contributed by atoms with Crippen molar-refractivity contribution in [3.05, 3.63) is 59.0 Å². The molecule has 0 unspecified atom stereocenters. The molecule has 1 N–H and O–H groups in total. The number of nitrogens with one attached hydrogen (secondary N) is 1. The Morgan fingerprint density at radius 1 is 1.03 bits per heavy atom. The van der Waals surface area contributed by atoms with Gasteiger partial charge in [0, 0.05) is 60.4 Å². The summed E-state index contributed by atoms with van der Waals surface area (Å²) in [4.78, 5) is 13.2. The first kappa shape index (κ1) is 19.2. The second-order valence-corrected chi connectivity index (χ2v) is 8.62. The predicted octanol–water partition coefficient (Wildman–Crippen LogP) is 5.71. The summed E-state index contributed by atoms with van der Waals surface area (Å²) in [6.45, 7) is 8.29. The predicted molar refractivity (Wildman–Crippen MR) is 122 cm³/mol. The summed E-state index contributed by atoms with van der Waals surface area (Å²) >= 11 is 0. The summed E-state index contributed by atoms with van der Waals surface area (Å²) in [5.41, 5.74) is 6.96. The van der Waals surface area contributed by atoms with Gasteiger partial charge in [-0.15, -0.1) is 0 Å². The van der Waals surface area contributed by atoms with E-state index in [1.54, 1.807) is 12.1 Å². The minimum absolute atomic E-state index is 0.195. The third kappa shape index (κ3) is 3.57. The fourth-order valence-electron chi connectivity index (χ4n) is 4.83. The summed E-state index contributed by atoms with van der Waals surface area (Å²) in [6.07, 6.45) is 4.84. The minimum Gasteiger partial charge on any atom is -0.372 e. The van der Waals surface area contributed by atoms with Crippen LogP contribution in [0.3, 0.4) is 0 Å². The standard InChI is InChI=1S/C25H29FN4/c1-17-14-20(29-11-4-3-5-12-29)7-9-23(17)27-18(2)30-13-10-24-22(16-30)21-8-6-19(26)15-25(21)28-24/h6-9,14-15,28H,3-5,10-13,16H2,1-2H3/b27-18+. The van der Waals surface area contributed by atoms with Gasteiger partial charge in [0.2, 0.25) is 0 Å². The molecule has 156 valence electrons. The zero-order valence-electron chi connectivity index (χ0n) is 17.8. The van der Waals surface area contributed by atoms with Crippen LogP contribution in [0.2, 0.25) is 0 Å². The average Bonchev–Trinajstić information content (AvgIpc) is 3.12. The van der Waals surface area contributed by atoms with Gasteiger partial charge in [0.05, 0.1) is 5.69 Å². The summed E-state index contributed by atoms with van der Waals surface area (Å²) in [7, 11) is 0. The lowest BCUT2D eigenvalue weighted by Gasteiger charge is -2.30. The van der Waals surface area contributed by atoms with Crippen molar-refractivity contribution in [2.24, 2.45) is 4.99 Å². The first-order valence-electron chi connectivity index (χ1n) is 11.0. The lowest BCUT2D eigenvalue weighted by molar-refractivity contribution is 0.391. The molecule has 2 aliphatic rings. The van der Waals surface area contributed by atoms with E-state index in [1.165, 1.54) is 41.8 Å². The van der Waals surface area contributed by atoms with Crippen LogP contribution in [-0.2, 0) is 13.0 Å². The fourth-order valence-corrected chi connectivity index (χ4v) is 4.83. The number of nitrogens with zero attached hydrogens (tertiary/aromatic N) is 3. The number of halogens is 1. The SMILES string of the molecule is C/C(=N\c1ccc(N2CCCCC2)cc1C)N1CCc2[nH]c3cc(F)ccc3c2C1. The van der Waals surface area contributed by atoms with E-state index < -0.39 is 0 Å². The third-order valence-corrected chi connectivity index (χ3v) is 6.58. The molecule has 0 saturated carbocycles. The Balaban J connectivity index is 1.37. The number of aromatic amines is 1. The topological polar surface area (TPSA) is 34.6 Å². The summed E-state index contributed by atoms with van der Waals surface area (Å²) < 4.78 is 13.6. The molecule has 0 bridgehead atoms. The van der Waals surface area contributed by atoms with Crippen LogP contribution in [0.1, 0.15) is 43.0 Å². The van der Waals surface area contributed by atoms with Crippen molar-refractivity contribution < 1.29 is 4.39 Å². The normalized spacial score (nSPS) is 17.5. The molecular formula is C25H29FN4. The molecule has 30 heavy (non-hydrogen) atoms.